The minimum Gasteiger partial charge on any atom is -0.370 e. The van der Waals surface area contributed by atoms with E-state index in [0.717, 1.165) is 5.56 Å². The van der Waals surface area contributed by atoms with Crippen LogP contribution in [0.3, 0.4) is 0 Å². The first-order chi connectivity index (χ1) is 12.5. The summed E-state index contributed by atoms with van der Waals surface area (Å²) < 4.78 is 5.79. The molecule has 0 bridgehead atoms. The Morgan fingerprint density at radius 1 is 1.19 bits per heavy atom. The molecule has 6 heteroatoms. The smallest absolute Gasteiger partial charge is 0.251 e. The molecule has 3 rings (SSSR count). The minimum absolute atomic E-state index is 0.121. The van der Waals surface area contributed by atoms with E-state index in [0.29, 0.717) is 30.3 Å². The van der Waals surface area contributed by atoms with Gasteiger partial charge < -0.3 is 15.0 Å². The molecule has 5 nitrogen and oxygen atoms in total. The second-order valence-electron chi connectivity index (χ2n) is 6.26. The Morgan fingerprint density at radius 2 is 1.96 bits per heavy atom. The van der Waals surface area contributed by atoms with Gasteiger partial charge in [0.15, 0.2) is 0 Å². The third-order valence-corrected chi connectivity index (χ3v) is 4.59. The first-order valence-electron chi connectivity index (χ1n) is 8.56. The molecule has 2 aromatic rings. The molecule has 1 aliphatic rings. The van der Waals surface area contributed by atoms with Gasteiger partial charge in [-0.25, -0.2) is 0 Å². The van der Waals surface area contributed by atoms with Gasteiger partial charge in [0.05, 0.1) is 13.2 Å². The highest BCUT2D eigenvalue weighted by Gasteiger charge is 2.28. The normalized spacial score (nSPS) is 18.2. The lowest BCUT2D eigenvalue weighted by atomic mass is 10.1. The molecule has 0 aliphatic carbocycles. The number of amides is 2. The van der Waals surface area contributed by atoms with Crippen LogP contribution >= 0.6 is 11.6 Å². The summed E-state index contributed by atoms with van der Waals surface area (Å²) in [6, 6.07) is 15.8. The second kappa shape index (κ2) is 8.34. The molecule has 1 fully saturated rings. The quantitative estimate of drug-likeness (QED) is 0.897. The van der Waals surface area contributed by atoms with E-state index in [9.17, 15) is 9.59 Å². The van der Waals surface area contributed by atoms with Crippen molar-refractivity contribution < 1.29 is 14.3 Å². The second-order valence-corrected chi connectivity index (χ2v) is 6.70. The van der Waals surface area contributed by atoms with Gasteiger partial charge in [0.1, 0.15) is 12.1 Å². The van der Waals surface area contributed by atoms with Gasteiger partial charge >= 0.3 is 0 Å². The Labute approximate surface area is 157 Å². The molecule has 2 aromatic carbocycles. The molecule has 0 saturated carbocycles. The maximum Gasteiger partial charge on any atom is 0.251 e. The Hall–Kier alpha value is -2.37. The summed E-state index contributed by atoms with van der Waals surface area (Å²) >= 11 is 5.91. The molecular formula is C20H21ClN2O3. The van der Waals surface area contributed by atoms with Crippen molar-refractivity contribution in [2.45, 2.75) is 19.1 Å². The monoisotopic (exact) mass is 372 g/mol. The molecule has 1 saturated heterocycles. The zero-order valence-electron chi connectivity index (χ0n) is 14.5. The molecule has 1 heterocycles. The molecule has 1 aliphatic heterocycles. The van der Waals surface area contributed by atoms with Crippen molar-refractivity contribution in [2.75, 3.05) is 19.7 Å². The molecule has 1 unspecified atom stereocenters. The van der Waals surface area contributed by atoms with Crippen molar-refractivity contribution in [3.8, 4) is 0 Å². The van der Waals surface area contributed by atoms with Gasteiger partial charge in [0.25, 0.3) is 5.91 Å². The van der Waals surface area contributed by atoms with E-state index in [4.69, 9.17) is 16.3 Å². The van der Waals surface area contributed by atoms with Gasteiger partial charge in [-0.1, -0.05) is 48.0 Å². The van der Waals surface area contributed by atoms with Crippen molar-refractivity contribution >= 4 is 23.4 Å². The molecule has 26 heavy (non-hydrogen) atoms. The zero-order chi connectivity index (χ0) is 18.5. The minimum atomic E-state index is -0.629. The molecule has 0 radical (unpaired) electrons. The Kier molecular flexibility index (Phi) is 5.91. The van der Waals surface area contributed by atoms with Crippen molar-refractivity contribution in [3.05, 3.63) is 70.7 Å². The number of carbonyl (C=O) groups excluding carboxylic acids is 2. The summed E-state index contributed by atoms with van der Waals surface area (Å²) in [5.41, 5.74) is 1.47. The first-order valence-corrected chi connectivity index (χ1v) is 8.94. The largest absolute Gasteiger partial charge is 0.370 e. The Balaban J connectivity index is 1.61. The summed E-state index contributed by atoms with van der Waals surface area (Å²) in [6.07, 6.45) is -0.148. The van der Waals surface area contributed by atoms with Crippen LogP contribution in [0, 0.1) is 0 Å². The average molecular weight is 373 g/mol. The average Bonchev–Trinajstić information content (AvgIpc) is 2.68. The summed E-state index contributed by atoms with van der Waals surface area (Å²) in [5, 5.41) is 3.23. The lowest BCUT2D eigenvalue weighted by molar-refractivity contribution is -0.140. The number of benzene rings is 2. The van der Waals surface area contributed by atoms with Gasteiger partial charge in [-0.2, -0.15) is 0 Å². The van der Waals surface area contributed by atoms with Gasteiger partial charge in [-0.05, 0) is 30.7 Å². The van der Waals surface area contributed by atoms with Crippen molar-refractivity contribution in [3.63, 3.8) is 0 Å². The Morgan fingerprint density at radius 3 is 2.69 bits per heavy atom. The Bertz CT molecular complexity index is 782. The van der Waals surface area contributed by atoms with Crippen LogP contribution in [0.1, 0.15) is 28.9 Å². The van der Waals surface area contributed by atoms with Crippen LogP contribution < -0.4 is 5.32 Å². The highest BCUT2D eigenvalue weighted by atomic mass is 35.5. The summed E-state index contributed by atoms with van der Waals surface area (Å²) in [6.45, 7) is 3.15. The highest BCUT2D eigenvalue weighted by molar-refractivity contribution is 6.31. The van der Waals surface area contributed by atoms with Gasteiger partial charge in [-0.3, -0.25) is 9.59 Å². The third-order valence-electron chi connectivity index (χ3n) is 4.35. The van der Waals surface area contributed by atoms with Crippen molar-refractivity contribution in [2.24, 2.45) is 0 Å². The third kappa shape index (κ3) is 4.42. The van der Waals surface area contributed by atoms with E-state index in [1.54, 1.807) is 36.1 Å². The number of nitrogens with zero attached hydrogens (tertiary/aromatic N) is 1. The van der Waals surface area contributed by atoms with Gasteiger partial charge in [-0.15, -0.1) is 0 Å². The predicted octanol–water partition coefficient (Wildman–Crippen LogP) is 3.06. The van der Waals surface area contributed by atoms with E-state index >= 15 is 0 Å². The van der Waals surface area contributed by atoms with Crippen LogP contribution in [0.5, 0.6) is 0 Å². The zero-order valence-corrected chi connectivity index (χ0v) is 15.3. The summed E-state index contributed by atoms with van der Waals surface area (Å²) in [5.74, 6) is -0.439. The van der Waals surface area contributed by atoms with Crippen LogP contribution in [-0.2, 0) is 9.53 Å². The molecule has 0 spiro atoms. The number of carbonyl (C=O) groups is 2. The summed E-state index contributed by atoms with van der Waals surface area (Å²) in [7, 11) is 0. The number of nitrogens with one attached hydrogen (secondary N) is 1. The van der Waals surface area contributed by atoms with Crippen molar-refractivity contribution in [1.29, 1.82) is 0 Å². The number of rotatable bonds is 4. The number of ether oxygens (including phenoxy) is 1. The standard InChI is InChI=1S/C20H21ClN2O3/c1-14(22-19(24)16-8-5-9-17(21)12-16)20(25)23-10-11-26-18(13-23)15-6-3-2-4-7-15/h2-9,12,14,18H,10-11,13H2,1H3,(H,22,24)/t14-,18?/m0/s1. The van der Waals surface area contributed by atoms with Gasteiger partial charge in [0, 0.05) is 17.1 Å². The fourth-order valence-corrected chi connectivity index (χ4v) is 3.15. The molecule has 1 N–H and O–H groups in total. The predicted molar refractivity (Wildman–Crippen MR) is 100 cm³/mol. The molecular weight excluding hydrogens is 352 g/mol. The van der Waals surface area contributed by atoms with Crippen LogP contribution in [0.2, 0.25) is 5.02 Å². The molecule has 136 valence electrons. The summed E-state index contributed by atoms with van der Waals surface area (Å²) in [4.78, 5) is 26.8. The number of hydrogen-bond acceptors (Lipinski definition) is 3. The van der Waals surface area contributed by atoms with E-state index in [1.165, 1.54) is 0 Å². The molecule has 2 atom stereocenters. The maximum atomic E-state index is 12.7. The fraction of sp³-hybridized carbons (Fsp3) is 0.300. The van der Waals surface area contributed by atoms with Gasteiger partial charge in [0.2, 0.25) is 5.91 Å². The number of halogens is 1. The SMILES string of the molecule is C[C@H](NC(=O)c1cccc(Cl)c1)C(=O)N1CCOC(c2ccccc2)C1. The van der Waals surface area contributed by atoms with Crippen LogP contribution in [0.25, 0.3) is 0 Å². The highest BCUT2D eigenvalue weighted by Crippen LogP contribution is 2.22. The van der Waals surface area contributed by atoms with E-state index in [2.05, 4.69) is 5.32 Å². The van der Waals surface area contributed by atoms with E-state index in [1.807, 2.05) is 30.3 Å². The van der Waals surface area contributed by atoms with Crippen molar-refractivity contribution in [1.82, 2.24) is 10.2 Å². The topological polar surface area (TPSA) is 58.6 Å². The van der Waals surface area contributed by atoms with E-state index < -0.39 is 6.04 Å². The van der Waals surface area contributed by atoms with Crippen LogP contribution in [-0.4, -0.2) is 42.5 Å². The fourth-order valence-electron chi connectivity index (χ4n) is 2.96. The molecule has 0 aromatic heterocycles. The number of morpholine rings is 1. The lowest BCUT2D eigenvalue weighted by Crippen LogP contribution is -2.51. The lowest BCUT2D eigenvalue weighted by Gasteiger charge is -2.34. The molecule has 2 amide bonds. The number of hydrogen-bond donors (Lipinski definition) is 1. The van der Waals surface area contributed by atoms with Crippen LogP contribution in [0.4, 0.5) is 0 Å². The first kappa shape index (κ1) is 18.4. The van der Waals surface area contributed by atoms with E-state index in [-0.39, 0.29) is 17.9 Å². The van der Waals surface area contributed by atoms with Crippen LogP contribution in [0.15, 0.2) is 54.6 Å². The maximum absolute atomic E-state index is 12.7.